The summed E-state index contributed by atoms with van der Waals surface area (Å²) in [5.74, 6) is -0.340. The third-order valence-electron chi connectivity index (χ3n) is 2.98. The topological polar surface area (TPSA) is 52.6 Å². The third kappa shape index (κ3) is 13.1. The van der Waals surface area contributed by atoms with Crippen molar-refractivity contribution < 1.29 is 19.1 Å². The Kier molecular flexibility index (Phi) is 11.9. The Bertz CT molecular complexity index is 297. The quantitative estimate of drug-likeness (QED) is 0.329. The van der Waals surface area contributed by atoms with E-state index in [9.17, 15) is 9.59 Å². The summed E-state index contributed by atoms with van der Waals surface area (Å²) in [7, 11) is 1.43. The van der Waals surface area contributed by atoms with Gasteiger partial charge in [-0.15, -0.1) is 0 Å². The molecule has 0 aromatic heterocycles. The van der Waals surface area contributed by atoms with Gasteiger partial charge in [-0.05, 0) is 26.2 Å². The normalized spacial score (nSPS) is 12.3. The maximum atomic E-state index is 10.9. The first-order chi connectivity index (χ1) is 9.56. The molecule has 0 saturated carbocycles. The minimum Gasteiger partial charge on any atom is -0.469 e. The molecule has 0 aliphatic rings. The molecule has 0 saturated heterocycles. The van der Waals surface area contributed by atoms with E-state index in [4.69, 9.17) is 4.74 Å². The van der Waals surface area contributed by atoms with Gasteiger partial charge < -0.3 is 9.47 Å². The van der Waals surface area contributed by atoms with Gasteiger partial charge in [0.05, 0.1) is 7.11 Å². The summed E-state index contributed by atoms with van der Waals surface area (Å²) in [5.41, 5.74) is 0. The van der Waals surface area contributed by atoms with E-state index in [2.05, 4.69) is 16.9 Å². The van der Waals surface area contributed by atoms with Gasteiger partial charge in [0.2, 0.25) is 0 Å². The van der Waals surface area contributed by atoms with Gasteiger partial charge in [0.1, 0.15) is 6.10 Å². The zero-order chi connectivity index (χ0) is 15.2. The van der Waals surface area contributed by atoms with Crippen molar-refractivity contribution in [2.24, 2.45) is 0 Å². The maximum absolute atomic E-state index is 10.9. The van der Waals surface area contributed by atoms with E-state index in [1.807, 2.05) is 6.92 Å². The van der Waals surface area contributed by atoms with Crippen LogP contribution < -0.4 is 0 Å². The Labute approximate surface area is 122 Å². The van der Waals surface area contributed by atoms with Gasteiger partial charge in [-0.2, -0.15) is 0 Å². The van der Waals surface area contributed by atoms with Crippen LogP contribution in [0.5, 0.6) is 0 Å². The largest absolute Gasteiger partial charge is 0.469 e. The van der Waals surface area contributed by atoms with Crippen molar-refractivity contribution in [2.45, 2.75) is 71.3 Å². The molecule has 0 rings (SSSR count). The fourth-order valence-electron chi connectivity index (χ4n) is 1.90. The molecule has 0 aromatic carbocycles. The highest BCUT2D eigenvalue weighted by Crippen LogP contribution is 2.08. The molecule has 20 heavy (non-hydrogen) atoms. The number of rotatable bonds is 11. The lowest BCUT2D eigenvalue weighted by molar-refractivity contribution is -0.145. The molecule has 0 N–H and O–H groups in total. The van der Waals surface area contributed by atoms with E-state index < -0.39 is 0 Å². The van der Waals surface area contributed by atoms with E-state index in [0.717, 1.165) is 38.5 Å². The molecular formula is C16H28O4. The highest BCUT2D eigenvalue weighted by atomic mass is 16.5. The van der Waals surface area contributed by atoms with Gasteiger partial charge in [0.15, 0.2) is 0 Å². The molecule has 0 aliphatic carbocycles. The van der Waals surface area contributed by atoms with Gasteiger partial charge >= 0.3 is 11.9 Å². The van der Waals surface area contributed by atoms with Crippen LogP contribution in [0.3, 0.4) is 0 Å². The highest BCUT2D eigenvalue weighted by Gasteiger charge is 2.01. The van der Waals surface area contributed by atoms with E-state index in [1.165, 1.54) is 20.5 Å². The van der Waals surface area contributed by atoms with Crippen molar-refractivity contribution in [1.82, 2.24) is 0 Å². The molecule has 0 aromatic rings. The number of ether oxygens (including phenoxy) is 2. The minimum absolute atomic E-state index is 0.0397. The summed E-state index contributed by atoms with van der Waals surface area (Å²) in [6.45, 7) is 3.33. The molecule has 4 nitrogen and oxygen atoms in total. The molecule has 0 bridgehead atoms. The number of hydrogen-bond donors (Lipinski definition) is 0. The molecule has 116 valence electrons. The Morgan fingerprint density at radius 2 is 1.70 bits per heavy atom. The van der Waals surface area contributed by atoms with E-state index in [1.54, 1.807) is 0 Å². The Morgan fingerprint density at radius 3 is 2.35 bits per heavy atom. The van der Waals surface area contributed by atoms with Crippen LogP contribution in [-0.2, 0) is 19.1 Å². The average Bonchev–Trinajstić information content (AvgIpc) is 2.39. The molecule has 0 aliphatic heterocycles. The number of allylic oxidation sites excluding steroid dienone is 1. The Morgan fingerprint density at radius 1 is 1.05 bits per heavy atom. The second kappa shape index (κ2) is 12.7. The van der Waals surface area contributed by atoms with E-state index in [-0.39, 0.29) is 18.0 Å². The predicted octanol–water partition coefficient (Wildman–Crippen LogP) is 3.79. The lowest BCUT2D eigenvalue weighted by Crippen LogP contribution is -2.10. The molecule has 0 amide bonds. The second-order valence-electron chi connectivity index (χ2n) is 5.01. The van der Waals surface area contributed by atoms with Crippen LogP contribution in [0.25, 0.3) is 0 Å². The molecule has 0 spiro atoms. The van der Waals surface area contributed by atoms with Gasteiger partial charge in [-0.3, -0.25) is 9.59 Å². The fourth-order valence-corrected chi connectivity index (χ4v) is 1.90. The van der Waals surface area contributed by atoms with Crippen molar-refractivity contribution in [3.63, 3.8) is 0 Å². The van der Waals surface area contributed by atoms with Crippen LogP contribution in [0.15, 0.2) is 12.2 Å². The van der Waals surface area contributed by atoms with Gasteiger partial charge in [-0.1, -0.05) is 31.4 Å². The van der Waals surface area contributed by atoms with Crippen LogP contribution in [0.4, 0.5) is 0 Å². The first-order valence-corrected chi connectivity index (χ1v) is 7.45. The zero-order valence-corrected chi connectivity index (χ0v) is 13.0. The second-order valence-corrected chi connectivity index (χ2v) is 5.01. The summed E-state index contributed by atoms with van der Waals surface area (Å²) in [6, 6.07) is 0. The SMILES string of the molecule is COC(=O)CCCCCCC/C=C/CC(C)OC(C)=O. The number of methoxy groups -OCH3 is 1. The molecular weight excluding hydrogens is 256 g/mol. The maximum Gasteiger partial charge on any atom is 0.305 e. The summed E-state index contributed by atoms with van der Waals surface area (Å²) in [5, 5.41) is 0. The Hall–Kier alpha value is -1.32. The van der Waals surface area contributed by atoms with Crippen molar-refractivity contribution in [2.75, 3.05) is 7.11 Å². The van der Waals surface area contributed by atoms with E-state index >= 15 is 0 Å². The number of esters is 2. The van der Waals surface area contributed by atoms with Crippen molar-refractivity contribution >= 4 is 11.9 Å². The lowest BCUT2D eigenvalue weighted by Gasteiger charge is -2.08. The average molecular weight is 284 g/mol. The molecule has 0 radical (unpaired) electrons. The van der Waals surface area contributed by atoms with Crippen molar-refractivity contribution in [3.8, 4) is 0 Å². The number of carbonyl (C=O) groups excluding carboxylic acids is 2. The predicted molar refractivity (Wildman–Crippen MR) is 79.3 cm³/mol. The summed E-state index contributed by atoms with van der Waals surface area (Å²) >= 11 is 0. The van der Waals surface area contributed by atoms with Crippen molar-refractivity contribution in [1.29, 1.82) is 0 Å². The smallest absolute Gasteiger partial charge is 0.305 e. The van der Waals surface area contributed by atoms with Gasteiger partial charge in [0, 0.05) is 19.8 Å². The van der Waals surface area contributed by atoms with Gasteiger partial charge in [-0.25, -0.2) is 0 Å². The fraction of sp³-hybridized carbons (Fsp3) is 0.750. The standard InChI is InChI=1S/C16H28O4/c1-14(20-15(2)17)12-10-8-6-4-5-7-9-11-13-16(18)19-3/h8,10,14H,4-7,9,11-13H2,1-3H3/b10-8+. The molecule has 1 atom stereocenters. The monoisotopic (exact) mass is 284 g/mol. The Balaban J connectivity index is 3.31. The molecule has 0 fully saturated rings. The van der Waals surface area contributed by atoms with E-state index in [0.29, 0.717) is 6.42 Å². The highest BCUT2D eigenvalue weighted by molar-refractivity contribution is 5.68. The molecule has 4 heteroatoms. The van der Waals surface area contributed by atoms with Crippen LogP contribution in [0.1, 0.15) is 65.2 Å². The molecule has 1 unspecified atom stereocenters. The summed E-state index contributed by atoms with van der Waals surface area (Å²) in [6.07, 6.45) is 12.1. The zero-order valence-electron chi connectivity index (χ0n) is 13.0. The first kappa shape index (κ1) is 18.7. The first-order valence-electron chi connectivity index (χ1n) is 7.45. The van der Waals surface area contributed by atoms with Crippen LogP contribution in [0.2, 0.25) is 0 Å². The number of unbranched alkanes of at least 4 members (excludes halogenated alkanes) is 5. The number of hydrogen-bond acceptors (Lipinski definition) is 4. The summed E-state index contributed by atoms with van der Waals surface area (Å²) < 4.78 is 9.61. The summed E-state index contributed by atoms with van der Waals surface area (Å²) in [4.78, 5) is 21.6. The van der Waals surface area contributed by atoms with Gasteiger partial charge in [0.25, 0.3) is 0 Å². The van der Waals surface area contributed by atoms with Crippen LogP contribution in [-0.4, -0.2) is 25.2 Å². The van der Waals surface area contributed by atoms with Crippen LogP contribution >= 0.6 is 0 Å². The van der Waals surface area contributed by atoms with Crippen molar-refractivity contribution in [3.05, 3.63) is 12.2 Å². The third-order valence-corrected chi connectivity index (χ3v) is 2.98. The minimum atomic E-state index is -0.224. The molecule has 0 heterocycles. The van der Waals surface area contributed by atoms with Crippen LogP contribution in [0, 0.1) is 0 Å². The lowest BCUT2D eigenvalue weighted by atomic mass is 10.1. The number of carbonyl (C=O) groups is 2.